The van der Waals surface area contributed by atoms with Crippen LogP contribution in [0, 0.1) is 20.8 Å². The molecule has 0 aliphatic rings. The molecular weight excluding hydrogens is 310 g/mol. The molecule has 3 aromatic heterocycles. The molecule has 0 saturated carbocycles. The van der Waals surface area contributed by atoms with Crippen LogP contribution in [0.1, 0.15) is 27.6 Å². The number of pyridine rings is 1. The maximum Gasteiger partial charge on any atom is 0.259 e. The largest absolute Gasteiger partial charge is 0.466 e. The van der Waals surface area contributed by atoms with Gasteiger partial charge in [-0.15, -0.1) is 0 Å². The number of ether oxygens (including phenoxy) is 1. The molecule has 0 unspecified atom stereocenters. The van der Waals surface area contributed by atoms with E-state index in [0.717, 1.165) is 17.1 Å². The summed E-state index contributed by atoms with van der Waals surface area (Å²) >= 11 is 0. The third-order valence-corrected chi connectivity index (χ3v) is 3.77. The van der Waals surface area contributed by atoms with Gasteiger partial charge in [0.2, 0.25) is 0 Å². The van der Waals surface area contributed by atoms with E-state index in [1.807, 2.05) is 19.9 Å². The average molecular weight is 329 g/mol. The van der Waals surface area contributed by atoms with Gasteiger partial charge in [0.25, 0.3) is 11.6 Å². The van der Waals surface area contributed by atoms with Crippen molar-refractivity contribution in [1.29, 1.82) is 0 Å². The van der Waals surface area contributed by atoms with E-state index >= 15 is 0 Å². The minimum Gasteiger partial charge on any atom is -0.466 e. The zero-order chi connectivity index (χ0) is 17.3. The van der Waals surface area contributed by atoms with Crippen LogP contribution in [-0.2, 0) is 4.74 Å². The van der Waals surface area contributed by atoms with Gasteiger partial charge in [0.15, 0.2) is 0 Å². The molecule has 3 rings (SSSR count). The second-order valence-corrected chi connectivity index (χ2v) is 5.58. The molecule has 0 saturated heterocycles. The van der Waals surface area contributed by atoms with Crippen molar-refractivity contribution < 1.29 is 18.5 Å². The van der Waals surface area contributed by atoms with Crippen LogP contribution in [0.15, 0.2) is 21.1 Å². The zero-order valence-corrected chi connectivity index (χ0v) is 14.1. The van der Waals surface area contributed by atoms with E-state index in [-0.39, 0.29) is 5.91 Å². The van der Waals surface area contributed by atoms with Crippen molar-refractivity contribution >= 4 is 17.0 Å². The Balaban J connectivity index is 2.10. The van der Waals surface area contributed by atoms with Crippen molar-refractivity contribution in [3.63, 3.8) is 0 Å². The number of carbonyl (C=O) groups is 1. The summed E-state index contributed by atoms with van der Waals surface area (Å²) < 4.78 is 15.8. The van der Waals surface area contributed by atoms with Crippen molar-refractivity contribution in [1.82, 2.24) is 15.5 Å². The van der Waals surface area contributed by atoms with Crippen molar-refractivity contribution in [2.75, 3.05) is 20.3 Å². The van der Waals surface area contributed by atoms with Gasteiger partial charge in [-0.2, -0.15) is 0 Å². The van der Waals surface area contributed by atoms with Crippen molar-refractivity contribution in [2.45, 2.75) is 20.8 Å². The maximum atomic E-state index is 12.6. The lowest BCUT2D eigenvalue weighted by Crippen LogP contribution is -2.27. The molecule has 7 nitrogen and oxygen atoms in total. The summed E-state index contributed by atoms with van der Waals surface area (Å²) in [6.45, 7) is 6.37. The maximum absolute atomic E-state index is 12.6. The van der Waals surface area contributed by atoms with Crippen LogP contribution in [0.4, 0.5) is 0 Å². The van der Waals surface area contributed by atoms with Gasteiger partial charge in [-0.05, 0) is 32.9 Å². The summed E-state index contributed by atoms with van der Waals surface area (Å²) in [6, 6.07) is 3.63. The fourth-order valence-electron chi connectivity index (χ4n) is 2.66. The molecule has 0 bridgehead atoms. The summed E-state index contributed by atoms with van der Waals surface area (Å²) in [5, 5.41) is 7.37. The Morgan fingerprint density at radius 3 is 2.75 bits per heavy atom. The van der Waals surface area contributed by atoms with Crippen LogP contribution in [0.2, 0.25) is 0 Å². The highest BCUT2D eigenvalue weighted by Gasteiger charge is 2.20. The molecule has 0 spiro atoms. The van der Waals surface area contributed by atoms with Gasteiger partial charge < -0.3 is 19.0 Å². The van der Waals surface area contributed by atoms with Crippen LogP contribution in [-0.4, -0.2) is 36.3 Å². The molecular formula is C17H19N3O4. The van der Waals surface area contributed by atoms with E-state index in [1.165, 1.54) is 0 Å². The van der Waals surface area contributed by atoms with Crippen molar-refractivity contribution in [3.05, 3.63) is 34.9 Å². The monoisotopic (exact) mass is 329 g/mol. The Labute approximate surface area is 139 Å². The third-order valence-electron chi connectivity index (χ3n) is 3.77. The lowest BCUT2D eigenvalue weighted by molar-refractivity contribution is 0.0938. The summed E-state index contributed by atoms with van der Waals surface area (Å²) in [6.07, 6.45) is 0. The molecule has 1 amide bonds. The minimum absolute atomic E-state index is 0.218. The topological polar surface area (TPSA) is 90.4 Å². The molecule has 126 valence electrons. The Hall–Kier alpha value is -2.67. The SMILES string of the molecule is COCCNC(=O)c1cc(-c2cc(C)oc2C)nc2onc(C)c12. The number of furan rings is 1. The number of amides is 1. The molecule has 7 heteroatoms. The summed E-state index contributed by atoms with van der Waals surface area (Å²) in [5.74, 6) is 1.30. The number of hydrogen-bond donors (Lipinski definition) is 1. The van der Waals surface area contributed by atoms with E-state index in [1.54, 1.807) is 20.1 Å². The fraction of sp³-hybridized carbons (Fsp3) is 0.353. The third kappa shape index (κ3) is 2.90. The molecule has 1 N–H and O–H groups in total. The minimum atomic E-state index is -0.218. The Morgan fingerprint density at radius 2 is 2.08 bits per heavy atom. The Kier molecular flexibility index (Phi) is 4.35. The van der Waals surface area contributed by atoms with E-state index in [2.05, 4.69) is 15.5 Å². The Morgan fingerprint density at radius 1 is 1.29 bits per heavy atom. The highest BCUT2D eigenvalue weighted by atomic mass is 16.5. The highest BCUT2D eigenvalue weighted by molar-refractivity contribution is 6.07. The van der Waals surface area contributed by atoms with Crippen molar-refractivity contribution in [2.24, 2.45) is 0 Å². The number of rotatable bonds is 5. The fourth-order valence-corrected chi connectivity index (χ4v) is 2.66. The summed E-state index contributed by atoms with van der Waals surface area (Å²) in [7, 11) is 1.59. The second kappa shape index (κ2) is 6.45. The van der Waals surface area contributed by atoms with Gasteiger partial charge in [-0.1, -0.05) is 5.16 Å². The zero-order valence-electron chi connectivity index (χ0n) is 14.1. The molecule has 0 aromatic carbocycles. The van der Waals surface area contributed by atoms with Gasteiger partial charge in [0.1, 0.15) is 11.5 Å². The van der Waals surface area contributed by atoms with E-state index < -0.39 is 0 Å². The predicted molar refractivity (Wildman–Crippen MR) is 87.9 cm³/mol. The van der Waals surface area contributed by atoms with Gasteiger partial charge >= 0.3 is 0 Å². The highest BCUT2D eigenvalue weighted by Crippen LogP contribution is 2.30. The number of fused-ring (bicyclic) bond motifs is 1. The van der Waals surface area contributed by atoms with Crippen molar-refractivity contribution in [3.8, 4) is 11.3 Å². The number of hydrogen-bond acceptors (Lipinski definition) is 6. The van der Waals surface area contributed by atoms with Crippen LogP contribution < -0.4 is 5.32 Å². The first-order chi connectivity index (χ1) is 11.5. The summed E-state index contributed by atoms with van der Waals surface area (Å²) in [5.41, 5.74) is 2.88. The van der Waals surface area contributed by atoms with Crippen LogP contribution >= 0.6 is 0 Å². The smallest absolute Gasteiger partial charge is 0.259 e. The molecule has 0 atom stereocenters. The first kappa shape index (κ1) is 16.2. The van der Waals surface area contributed by atoms with E-state index in [9.17, 15) is 4.79 Å². The van der Waals surface area contributed by atoms with Gasteiger partial charge in [-0.3, -0.25) is 4.79 Å². The predicted octanol–water partition coefficient (Wildman–Crippen LogP) is 2.78. The Bertz CT molecular complexity index is 895. The quantitative estimate of drug-likeness (QED) is 0.724. The second-order valence-electron chi connectivity index (χ2n) is 5.58. The van der Waals surface area contributed by atoms with Crippen LogP contribution in [0.5, 0.6) is 0 Å². The number of methoxy groups -OCH3 is 1. The first-order valence-electron chi connectivity index (χ1n) is 7.63. The standard InChI is InChI=1S/C17H19N3O4/c1-9-7-12(11(3)23-9)14-8-13(16(21)18-5-6-22-4)15-10(2)20-24-17(15)19-14/h7-8H,5-6H2,1-4H3,(H,18,21). The average Bonchev–Trinajstić information content (AvgIpc) is 3.09. The number of carbonyl (C=O) groups excluding carboxylic acids is 1. The van der Waals surface area contributed by atoms with Crippen LogP contribution in [0.3, 0.4) is 0 Å². The first-order valence-corrected chi connectivity index (χ1v) is 7.63. The molecule has 0 aliphatic carbocycles. The van der Waals surface area contributed by atoms with Crippen LogP contribution in [0.25, 0.3) is 22.4 Å². The molecule has 3 heterocycles. The number of aryl methyl sites for hydroxylation is 3. The lowest BCUT2D eigenvalue weighted by Gasteiger charge is -2.07. The molecule has 0 aliphatic heterocycles. The van der Waals surface area contributed by atoms with Gasteiger partial charge in [0, 0.05) is 19.2 Å². The van der Waals surface area contributed by atoms with Gasteiger partial charge in [-0.25, -0.2) is 4.98 Å². The number of nitrogens with one attached hydrogen (secondary N) is 1. The summed E-state index contributed by atoms with van der Waals surface area (Å²) in [4.78, 5) is 17.1. The van der Waals surface area contributed by atoms with E-state index in [4.69, 9.17) is 13.7 Å². The number of aromatic nitrogens is 2. The van der Waals surface area contributed by atoms with E-state index in [0.29, 0.717) is 41.2 Å². The molecule has 24 heavy (non-hydrogen) atoms. The van der Waals surface area contributed by atoms with Gasteiger partial charge in [0.05, 0.1) is 28.9 Å². The number of nitrogens with zero attached hydrogens (tertiary/aromatic N) is 2. The molecule has 0 radical (unpaired) electrons. The lowest BCUT2D eigenvalue weighted by atomic mass is 10.1. The molecule has 3 aromatic rings. The normalized spacial score (nSPS) is 11.2. The molecule has 0 fully saturated rings.